The molecule has 0 saturated heterocycles. The molecule has 1 amide bonds. The van der Waals surface area contributed by atoms with E-state index in [2.05, 4.69) is 44.0 Å². The molecule has 0 saturated carbocycles. The maximum atomic E-state index is 12.1. The first-order chi connectivity index (χ1) is 12.8. The van der Waals surface area contributed by atoms with Crippen LogP contribution in [0.1, 0.15) is 29.0 Å². The summed E-state index contributed by atoms with van der Waals surface area (Å²) in [5.41, 5.74) is 4.59. The second-order valence-electron chi connectivity index (χ2n) is 6.23. The molecule has 4 rings (SSSR count). The molecule has 0 aliphatic carbocycles. The van der Waals surface area contributed by atoms with Crippen molar-refractivity contribution < 1.29 is 9.32 Å². The van der Waals surface area contributed by atoms with Gasteiger partial charge in [0, 0.05) is 50.4 Å². The first kappa shape index (κ1) is 21.8. The summed E-state index contributed by atoms with van der Waals surface area (Å²) in [7, 11) is 0. The number of aryl methyl sites for hydroxylation is 1. The molecule has 1 aromatic carbocycles. The number of rotatable bonds is 6. The zero-order chi connectivity index (χ0) is 17.8. The summed E-state index contributed by atoms with van der Waals surface area (Å²) in [4.78, 5) is 20.4. The normalized spacial score (nSPS) is 11.9. The van der Waals surface area contributed by atoms with Gasteiger partial charge in [-0.05, 0) is 28.8 Å². The summed E-state index contributed by atoms with van der Waals surface area (Å²) in [6.07, 6.45) is 4.07. The standard InChI is InChI=1S/C19H19N5O2.2ClH/c25-17(22-10-13-1-2-15-11-21-12-16(15)9-13)3-4-18-23-19(24-26-18)14-5-7-20-8-6-14;;/h1-2,5-9,21H,3-4,10-12H2,(H,22,25);2*1H. The molecule has 2 N–H and O–H groups in total. The van der Waals surface area contributed by atoms with Gasteiger partial charge in [-0.3, -0.25) is 9.78 Å². The van der Waals surface area contributed by atoms with Gasteiger partial charge in [-0.1, -0.05) is 23.4 Å². The minimum Gasteiger partial charge on any atom is -0.352 e. The SMILES string of the molecule is Cl.Cl.O=C(CCc1nc(-c2ccncc2)no1)NCc1ccc2c(c1)CNC2. The van der Waals surface area contributed by atoms with Gasteiger partial charge >= 0.3 is 0 Å². The van der Waals surface area contributed by atoms with E-state index >= 15 is 0 Å². The van der Waals surface area contributed by atoms with Crippen molar-refractivity contribution >= 4 is 30.7 Å². The first-order valence-electron chi connectivity index (χ1n) is 8.59. The highest BCUT2D eigenvalue weighted by molar-refractivity contribution is 5.85. The molecule has 7 nitrogen and oxygen atoms in total. The maximum absolute atomic E-state index is 12.1. The monoisotopic (exact) mass is 421 g/mol. The zero-order valence-electron chi connectivity index (χ0n) is 15.1. The third-order valence-electron chi connectivity index (χ3n) is 4.36. The number of benzene rings is 1. The summed E-state index contributed by atoms with van der Waals surface area (Å²) in [6.45, 7) is 2.35. The van der Waals surface area contributed by atoms with Crippen LogP contribution in [0.5, 0.6) is 0 Å². The number of halogens is 2. The highest BCUT2D eigenvalue weighted by Crippen LogP contribution is 2.17. The molecule has 148 valence electrons. The molecule has 0 bridgehead atoms. The van der Waals surface area contributed by atoms with Gasteiger partial charge in [0.1, 0.15) is 0 Å². The van der Waals surface area contributed by atoms with Gasteiger partial charge in [-0.25, -0.2) is 0 Å². The van der Waals surface area contributed by atoms with Crippen LogP contribution in [-0.2, 0) is 30.8 Å². The van der Waals surface area contributed by atoms with E-state index in [1.807, 2.05) is 12.1 Å². The topological polar surface area (TPSA) is 92.9 Å². The molecule has 1 aliphatic heterocycles. The van der Waals surface area contributed by atoms with Crippen LogP contribution in [0.4, 0.5) is 0 Å². The Bertz CT molecular complexity index is 918. The van der Waals surface area contributed by atoms with Crippen molar-refractivity contribution in [1.29, 1.82) is 0 Å². The molecular weight excluding hydrogens is 401 g/mol. The Kier molecular flexibility index (Phi) is 7.92. The van der Waals surface area contributed by atoms with Gasteiger partial charge in [0.15, 0.2) is 0 Å². The number of hydrogen-bond acceptors (Lipinski definition) is 6. The fourth-order valence-corrected chi connectivity index (χ4v) is 2.94. The minimum atomic E-state index is -0.0349. The van der Waals surface area contributed by atoms with Gasteiger partial charge in [0.05, 0.1) is 0 Å². The van der Waals surface area contributed by atoms with Gasteiger partial charge in [0.25, 0.3) is 0 Å². The highest BCUT2D eigenvalue weighted by atomic mass is 35.5. The van der Waals surface area contributed by atoms with Crippen molar-refractivity contribution in [2.75, 3.05) is 0 Å². The number of aromatic nitrogens is 3. The Morgan fingerprint density at radius 2 is 1.89 bits per heavy atom. The van der Waals surface area contributed by atoms with Crippen LogP contribution < -0.4 is 10.6 Å². The average molecular weight is 422 g/mol. The van der Waals surface area contributed by atoms with E-state index in [9.17, 15) is 4.79 Å². The van der Waals surface area contributed by atoms with Crippen LogP contribution in [0.15, 0.2) is 47.2 Å². The van der Waals surface area contributed by atoms with Crippen molar-refractivity contribution in [1.82, 2.24) is 25.8 Å². The largest absolute Gasteiger partial charge is 0.352 e. The van der Waals surface area contributed by atoms with Crippen LogP contribution in [0.2, 0.25) is 0 Å². The first-order valence-corrected chi connectivity index (χ1v) is 8.59. The lowest BCUT2D eigenvalue weighted by atomic mass is 10.1. The molecule has 0 spiro atoms. The lowest BCUT2D eigenvalue weighted by Crippen LogP contribution is -2.23. The molecule has 0 atom stereocenters. The van der Waals surface area contributed by atoms with Gasteiger partial charge in [-0.15, -0.1) is 24.8 Å². The summed E-state index contributed by atoms with van der Waals surface area (Å²) in [5.74, 6) is 0.928. The lowest BCUT2D eigenvalue weighted by Gasteiger charge is -2.06. The van der Waals surface area contributed by atoms with Crippen molar-refractivity contribution in [2.24, 2.45) is 0 Å². The highest BCUT2D eigenvalue weighted by Gasteiger charge is 2.12. The van der Waals surface area contributed by atoms with Crippen molar-refractivity contribution in [2.45, 2.75) is 32.5 Å². The Balaban J connectivity index is 0.00000140. The number of amides is 1. The Hall–Kier alpha value is -2.48. The third kappa shape index (κ3) is 5.28. The summed E-state index contributed by atoms with van der Waals surface area (Å²) in [5, 5.41) is 10.2. The van der Waals surface area contributed by atoms with E-state index in [-0.39, 0.29) is 30.7 Å². The number of hydrogen-bond donors (Lipinski definition) is 2. The molecule has 9 heteroatoms. The Labute approximate surface area is 175 Å². The van der Waals surface area contributed by atoms with E-state index in [1.54, 1.807) is 12.4 Å². The summed E-state index contributed by atoms with van der Waals surface area (Å²) in [6, 6.07) is 9.95. The van der Waals surface area contributed by atoms with Crippen molar-refractivity contribution in [3.8, 4) is 11.4 Å². The van der Waals surface area contributed by atoms with E-state index in [1.165, 1.54) is 11.1 Å². The van der Waals surface area contributed by atoms with E-state index < -0.39 is 0 Å². The van der Waals surface area contributed by atoms with Crippen LogP contribution in [0.25, 0.3) is 11.4 Å². The summed E-state index contributed by atoms with van der Waals surface area (Å²) < 4.78 is 5.21. The molecular formula is C19H21Cl2N5O2. The predicted octanol–water partition coefficient (Wildman–Crippen LogP) is 2.83. The minimum absolute atomic E-state index is 0. The number of nitrogens with one attached hydrogen (secondary N) is 2. The molecule has 0 unspecified atom stereocenters. The van der Waals surface area contributed by atoms with E-state index in [0.717, 1.165) is 24.2 Å². The lowest BCUT2D eigenvalue weighted by molar-refractivity contribution is -0.121. The number of carbonyl (C=O) groups excluding carboxylic acids is 1. The van der Waals surface area contributed by atoms with Crippen molar-refractivity contribution in [3.63, 3.8) is 0 Å². The molecule has 0 fully saturated rings. The molecule has 1 aliphatic rings. The average Bonchev–Trinajstić information content (AvgIpc) is 3.34. The number of nitrogens with zero attached hydrogens (tertiary/aromatic N) is 3. The van der Waals surface area contributed by atoms with E-state index in [4.69, 9.17) is 4.52 Å². The second-order valence-corrected chi connectivity index (χ2v) is 6.23. The number of fused-ring (bicyclic) bond motifs is 1. The number of carbonyl (C=O) groups is 1. The fourth-order valence-electron chi connectivity index (χ4n) is 2.94. The molecule has 2 aromatic heterocycles. The van der Waals surface area contributed by atoms with E-state index in [0.29, 0.717) is 31.1 Å². The fraction of sp³-hybridized carbons (Fsp3) is 0.263. The van der Waals surface area contributed by atoms with Crippen LogP contribution in [0.3, 0.4) is 0 Å². The van der Waals surface area contributed by atoms with Crippen LogP contribution in [-0.4, -0.2) is 21.0 Å². The quantitative estimate of drug-likeness (QED) is 0.635. The van der Waals surface area contributed by atoms with Crippen LogP contribution in [0, 0.1) is 0 Å². The molecule has 3 aromatic rings. The third-order valence-corrected chi connectivity index (χ3v) is 4.36. The smallest absolute Gasteiger partial charge is 0.227 e. The molecule has 0 radical (unpaired) electrons. The van der Waals surface area contributed by atoms with Gasteiger partial charge in [-0.2, -0.15) is 4.98 Å². The Morgan fingerprint density at radius 1 is 1.11 bits per heavy atom. The Morgan fingerprint density at radius 3 is 2.71 bits per heavy atom. The molecule has 3 heterocycles. The second kappa shape index (κ2) is 10.2. The maximum Gasteiger partial charge on any atom is 0.227 e. The summed E-state index contributed by atoms with van der Waals surface area (Å²) >= 11 is 0. The number of pyridine rings is 1. The van der Waals surface area contributed by atoms with Gasteiger partial charge in [0.2, 0.25) is 17.6 Å². The molecule has 28 heavy (non-hydrogen) atoms. The van der Waals surface area contributed by atoms with Gasteiger partial charge < -0.3 is 15.2 Å². The van der Waals surface area contributed by atoms with Crippen LogP contribution >= 0.6 is 24.8 Å². The predicted molar refractivity (Wildman–Crippen MR) is 109 cm³/mol. The zero-order valence-corrected chi connectivity index (χ0v) is 16.7. The van der Waals surface area contributed by atoms with Crippen molar-refractivity contribution in [3.05, 3.63) is 65.3 Å².